The van der Waals surface area contributed by atoms with Crippen molar-refractivity contribution in [2.24, 2.45) is 0 Å². The maximum atomic E-state index is 10.8. The Morgan fingerprint density at radius 2 is 0.279 bits per heavy atom. The molecule has 0 aliphatic carbocycles. The number of benzene rings is 9. The molecule has 0 N–H and O–H groups in total. The van der Waals surface area contributed by atoms with Crippen molar-refractivity contribution in [1.82, 2.24) is 0 Å². The van der Waals surface area contributed by atoms with Gasteiger partial charge >= 0.3 is 417 Å². The van der Waals surface area contributed by atoms with E-state index in [1.165, 1.54) is 97.8 Å². The Morgan fingerprint density at radius 3 is 0.368 bits per heavy atom. The van der Waals surface area contributed by atoms with Gasteiger partial charge < -0.3 is 0 Å². The van der Waals surface area contributed by atoms with E-state index in [1.54, 1.807) is 0 Å². The SMILES string of the molecule is Cc1ccc([PH](c2ccc(C)cc2)(c2ccc(C)cc2)[Co]([Cl])([PH](c2ccc(C)cc2)(c2ccc(C)cc2)c2ccc(C)cc2)[PH](c2ccc(C)cc2)(c2ccc(C)cc2)c2ccc(C)cc2)cc1. The molecule has 9 rings (SSSR count). The topological polar surface area (TPSA) is 0 Å². The zero-order valence-electron chi connectivity index (χ0n) is 41.0. The van der Waals surface area contributed by atoms with Crippen LogP contribution in [-0.2, 0) is 10.4 Å². The van der Waals surface area contributed by atoms with Crippen LogP contribution < -0.4 is 47.7 Å². The minimum atomic E-state index is -3.70. The molecular formula is C63H66ClCoP3. The second-order valence-corrected chi connectivity index (χ2v) is 50.9. The van der Waals surface area contributed by atoms with E-state index >= 15 is 0 Å². The zero-order chi connectivity index (χ0) is 47.8. The molecule has 0 amide bonds. The molecule has 0 fully saturated rings. The summed E-state index contributed by atoms with van der Waals surface area (Å²) in [5, 5.41) is 12.2. The summed E-state index contributed by atoms with van der Waals surface area (Å²) in [6.07, 6.45) is 0. The van der Waals surface area contributed by atoms with Crippen LogP contribution in [0.5, 0.6) is 0 Å². The molecule has 0 saturated heterocycles. The Hall–Kier alpha value is -4.93. The summed E-state index contributed by atoms with van der Waals surface area (Å²) >= 11 is 0. The third kappa shape index (κ3) is 7.99. The van der Waals surface area contributed by atoms with Gasteiger partial charge in [0.05, 0.1) is 0 Å². The number of halogens is 1. The minimum absolute atomic E-state index is 1.24. The fraction of sp³-hybridized carbons (Fsp3) is 0.143. The second-order valence-electron chi connectivity index (χ2n) is 19.1. The molecule has 5 heteroatoms. The van der Waals surface area contributed by atoms with Gasteiger partial charge in [-0.15, -0.1) is 0 Å². The summed E-state index contributed by atoms with van der Waals surface area (Å²) in [6, 6.07) is 87.4. The van der Waals surface area contributed by atoms with E-state index in [0.717, 1.165) is 0 Å². The van der Waals surface area contributed by atoms with Crippen LogP contribution in [0.2, 0.25) is 0 Å². The van der Waals surface area contributed by atoms with Crippen LogP contribution in [0.3, 0.4) is 0 Å². The molecule has 0 aromatic heterocycles. The molecule has 0 aliphatic heterocycles. The van der Waals surface area contributed by atoms with Crippen molar-refractivity contribution >= 4 is 75.9 Å². The van der Waals surface area contributed by atoms with Crippen LogP contribution in [-0.4, -0.2) is 0 Å². The molecule has 0 spiro atoms. The predicted molar refractivity (Wildman–Crippen MR) is 308 cm³/mol. The van der Waals surface area contributed by atoms with Crippen LogP contribution in [0.15, 0.2) is 218 Å². The number of hydrogen-bond donors (Lipinski definition) is 0. The second kappa shape index (κ2) is 19.5. The molecule has 9 aromatic carbocycles. The standard InChI is InChI=1S/3C21H21P.ClH.Co/c3*1-16-4-10-19(11-5-16)22(20-12-6-17(2)7-13-20)21-14-8-18(3)9-15-21;;/h3*4-15H,1-3H3;1H;/q;;;;-2/p+2. The van der Waals surface area contributed by atoms with Gasteiger partial charge in [0, 0.05) is 0 Å². The summed E-state index contributed by atoms with van der Waals surface area (Å²) in [4.78, 5) is 0. The third-order valence-corrected chi connectivity index (χ3v) is 69.3. The van der Waals surface area contributed by atoms with Crippen molar-refractivity contribution in [3.8, 4) is 0 Å². The van der Waals surface area contributed by atoms with Crippen molar-refractivity contribution in [2.75, 3.05) is 0 Å². The first-order valence-corrected chi connectivity index (χ1v) is 35.4. The van der Waals surface area contributed by atoms with Crippen LogP contribution in [0.1, 0.15) is 50.1 Å². The van der Waals surface area contributed by atoms with E-state index in [2.05, 4.69) is 281 Å². The van der Waals surface area contributed by atoms with E-state index < -0.39 is 28.4 Å². The van der Waals surface area contributed by atoms with Gasteiger partial charge in [-0.25, -0.2) is 0 Å². The van der Waals surface area contributed by atoms with Gasteiger partial charge in [-0.2, -0.15) is 0 Å². The van der Waals surface area contributed by atoms with Gasteiger partial charge in [0.2, 0.25) is 0 Å². The van der Waals surface area contributed by atoms with Crippen molar-refractivity contribution in [1.29, 1.82) is 0 Å². The Kier molecular flexibility index (Phi) is 13.8. The zero-order valence-corrected chi connectivity index (χ0v) is 45.8. The average molecular weight is 1010 g/mol. The monoisotopic (exact) mass is 1010 g/mol. The molecule has 0 unspecified atom stereocenters. The van der Waals surface area contributed by atoms with E-state index in [1.807, 2.05) is 0 Å². The van der Waals surface area contributed by atoms with E-state index in [4.69, 9.17) is 0 Å². The molecule has 0 nitrogen and oxygen atoms in total. The number of aryl methyl sites for hydroxylation is 9. The molecule has 0 heterocycles. The van der Waals surface area contributed by atoms with Crippen molar-refractivity contribution in [2.45, 2.75) is 62.3 Å². The van der Waals surface area contributed by atoms with Gasteiger partial charge in [0.25, 0.3) is 0 Å². The first-order chi connectivity index (χ1) is 32.7. The van der Waals surface area contributed by atoms with Gasteiger partial charge in [-0.05, 0) is 0 Å². The first kappa shape index (κ1) is 48.1. The fourth-order valence-corrected chi connectivity index (χ4v) is 86.8. The fourth-order valence-electron chi connectivity index (χ4n) is 10.2. The Labute approximate surface area is 414 Å². The molecule has 68 heavy (non-hydrogen) atoms. The van der Waals surface area contributed by atoms with Crippen molar-refractivity contribution in [3.63, 3.8) is 0 Å². The van der Waals surface area contributed by atoms with Crippen LogP contribution in [0.25, 0.3) is 0 Å². The summed E-state index contributed by atoms with van der Waals surface area (Å²) in [7, 11) is 7.37. The number of rotatable bonds is 12. The first-order valence-electron chi connectivity index (χ1n) is 23.8. The maximum absolute atomic E-state index is 10.8. The van der Waals surface area contributed by atoms with Crippen molar-refractivity contribution < 1.29 is 10.4 Å². The van der Waals surface area contributed by atoms with E-state index in [-0.39, 0.29) is 0 Å². The Morgan fingerprint density at radius 1 is 0.191 bits per heavy atom. The van der Waals surface area contributed by atoms with Crippen LogP contribution in [0, 0.1) is 62.3 Å². The Balaban J connectivity index is 1.74. The van der Waals surface area contributed by atoms with Gasteiger partial charge in [0.1, 0.15) is 0 Å². The number of hydrogen-bond acceptors (Lipinski definition) is 0. The van der Waals surface area contributed by atoms with Crippen LogP contribution in [0.4, 0.5) is 0 Å². The van der Waals surface area contributed by atoms with Gasteiger partial charge in [-0.1, -0.05) is 0 Å². The normalized spacial score (nSPS) is 14.1. The van der Waals surface area contributed by atoms with Gasteiger partial charge in [-0.3, -0.25) is 0 Å². The molecule has 349 valence electrons. The van der Waals surface area contributed by atoms with Crippen LogP contribution >= 0.6 is 28.1 Å². The van der Waals surface area contributed by atoms with Gasteiger partial charge in [0.15, 0.2) is 0 Å². The summed E-state index contributed by atoms with van der Waals surface area (Å²) in [5.41, 5.74) is 11.1. The molecule has 0 radical (unpaired) electrons. The summed E-state index contributed by atoms with van der Waals surface area (Å²) in [6.45, 7) is 20.0. The quantitative estimate of drug-likeness (QED) is 0.107. The van der Waals surface area contributed by atoms with E-state index in [9.17, 15) is 10.1 Å². The molecule has 0 saturated carbocycles. The predicted octanol–water partition coefficient (Wildman–Crippen LogP) is 13.0. The molecule has 0 atom stereocenters. The van der Waals surface area contributed by atoms with E-state index in [0.29, 0.717) is 0 Å². The third-order valence-electron chi connectivity index (χ3n) is 14.0. The summed E-state index contributed by atoms with van der Waals surface area (Å²) < 4.78 is 0. The average Bonchev–Trinajstić information content (AvgIpc) is 3.34. The molecule has 0 aliphatic rings. The Bertz CT molecular complexity index is 2460. The summed E-state index contributed by atoms with van der Waals surface area (Å²) in [5.74, 6) is -11.1. The molecular weight excluding hydrogens is 944 g/mol. The molecule has 0 bridgehead atoms. The molecule has 9 aromatic rings. The van der Waals surface area contributed by atoms with Crippen molar-refractivity contribution in [3.05, 3.63) is 268 Å².